The van der Waals surface area contributed by atoms with Gasteiger partial charge in [0, 0.05) is 20.1 Å². The van der Waals surface area contributed by atoms with Crippen LogP contribution < -0.4 is 15.0 Å². The maximum Gasteiger partial charge on any atom is 0.204 e. The number of aromatic nitrogens is 2. The van der Waals surface area contributed by atoms with Crippen molar-refractivity contribution in [3.63, 3.8) is 0 Å². The Kier molecular flexibility index (Phi) is 5.52. The number of anilines is 2. The van der Waals surface area contributed by atoms with Crippen LogP contribution in [0.5, 0.6) is 5.75 Å². The van der Waals surface area contributed by atoms with Gasteiger partial charge >= 0.3 is 0 Å². The van der Waals surface area contributed by atoms with E-state index in [0.717, 1.165) is 43.3 Å². The molecule has 1 N–H and O–H groups in total. The van der Waals surface area contributed by atoms with Gasteiger partial charge in [-0.1, -0.05) is 13.8 Å². The third-order valence-electron chi connectivity index (χ3n) is 2.45. The number of nitrogens with one attached hydrogen (secondary N) is 1. The lowest BCUT2D eigenvalue weighted by Gasteiger charge is -2.21. The Labute approximate surface area is 103 Å². The molecule has 1 aromatic rings. The van der Waals surface area contributed by atoms with Crippen LogP contribution in [0.4, 0.5) is 11.6 Å². The number of methoxy groups -OCH3 is 1. The number of nitrogens with zero attached hydrogens (tertiary/aromatic N) is 3. The topological polar surface area (TPSA) is 50.3 Å². The highest BCUT2D eigenvalue weighted by Gasteiger charge is 2.14. The lowest BCUT2D eigenvalue weighted by molar-refractivity contribution is 0.412. The molecule has 0 bridgehead atoms. The summed E-state index contributed by atoms with van der Waals surface area (Å²) in [5, 5.41) is 3.25. The molecule has 0 aliphatic heterocycles. The van der Waals surface area contributed by atoms with Gasteiger partial charge in [0.2, 0.25) is 5.75 Å². The number of hydrogen-bond acceptors (Lipinski definition) is 5. The second-order valence-corrected chi connectivity index (χ2v) is 3.93. The van der Waals surface area contributed by atoms with Crippen LogP contribution in [-0.2, 0) is 0 Å². The summed E-state index contributed by atoms with van der Waals surface area (Å²) in [4.78, 5) is 10.6. The Bertz CT molecular complexity index is 343. The molecule has 0 atom stereocenters. The fourth-order valence-corrected chi connectivity index (χ4v) is 1.63. The van der Waals surface area contributed by atoms with Gasteiger partial charge in [0.1, 0.15) is 6.33 Å². The average molecular weight is 238 g/mol. The van der Waals surface area contributed by atoms with Crippen LogP contribution in [0.2, 0.25) is 0 Å². The van der Waals surface area contributed by atoms with Gasteiger partial charge in [0.05, 0.1) is 7.11 Å². The van der Waals surface area contributed by atoms with Crippen molar-refractivity contribution in [3.8, 4) is 5.75 Å². The van der Waals surface area contributed by atoms with Crippen molar-refractivity contribution in [2.45, 2.75) is 26.7 Å². The summed E-state index contributed by atoms with van der Waals surface area (Å²) in [5.41, 5.74) is 0. The van der Waals surface area contributed by atoms with Crippen LogP contribution in [0.1, 0.15) is 26.7 Å². The molecule has 1 aromatic heterocycles. The molecular weight excluding hydrogens is 216 g/mol. The van der Waals surface area contributed by atoms with E-state index in [1.165, 1.54) is 0 Å². The predicted octanol–water partition coefficient (Wildman–Crippen LogP) is 2.15. The Morgan fingerprint density at radius 2 is 2.06 bits per heavy atom. The molecule has 17 heavy (non-hydrogen) atoms. The number of ether oxygens (including phenoxy) is 1. The third-order valence-corrected chi connectivity index (χ3v) is 2.45. The smallest absolute Gasteiger partial charge is 0.204 e. The first-order chi connectivity index (χ1) is 8.24. The molecule has 0 unspecified atom stereocenters. The minimum Gasteiger partial charge on any atom is -0.490 e. The second-order valence-electron chi connectivity index (χ2n) is 3.93. The van der Waals surface area contributed by atoms with Crippen molar-refractivity contribution >= 4 is 11.6 Å². The maximum atomic E-state index is 5.41. The third kappa shape index (κ3) is 3.47. The first kappa shape index (κ1) is 13.5. The maximum absolute atomic E-state index is 5.41. The zero-order valence-electron chi connectivity index (χ0n) is 11.2. The van der Waals surface area contributed by atoms with Gasteiger partial charge in [-0.2, -0.15) is 0 Å². The molecule has 1 rings (SSSR count). The number of rotatable bonds is 7. The summed E-state index contributed by atoms with van der Waals surface area (Å²) in [6.45, 7) is 6.08. The van der Waals surface area contributed by atoms with Crippen LogP contribution in [0.25, 0.3) is 0 Å². The van der Waals surface area contributed by atoms with E-state index in [9.17, 15) is 0 Å². The summed E-state index contributed by atoms with van der Waals surface area (Å²) in [6, 6.07) is 0. The minimum atomic E-state index is 0.719. The zero-order valence-corrected chi connectivity index (χ0v) is 11.2. The van der Waals surface area contributed by atoms with Gasteiger partial charge in [0.25, 0.3) is 0 Å². The molecule has 0 spiro atoms. The van der Waals surface area contributed by atoms with Gasteiger partial charge in [-0.15, -0.1) is 0 Å². The van der Waals surface area contributed by atoms with Crippen molar-refractivity contribution < 1.29 is 4.74 Å². The van der Waals surface area contributed by atoms with Gasteiger partial charge in [-0.3, -0.25) is 0 Å². The first-order valence-electron chi connectivity index (χ1n) is 6.08. The molecule has 0 aliphatic rings. The molecule has 0 amide bonds. The fraction of sp³-hybridized carbons (Fsp3) is 0.667. The lowest BCUT2D eigenvalue weighted by Crippen LogP contribution is -2.20. The monoisotopic (exact) mass is 238 g/mol. The Morgan fingerprint density at radius 1 is 1.29 bits per heavy atom. The molecule has 0 radical (unpaired) electrons. The summed E-state index contributed by atoms with van der Waals surface area (Å²) < 4.78 is 5.41. The molecule has 5 nitrogen and oxygen atoms in total. The quantitative estimate of drug-likeness (QED) is 0.788. The van der Waals surface area contributed by atoms with Crippen LogP contribution in [0.15, 0.2) is 6.33 Å². The van der Waals surface area contributed by atoms with Crippen molar-refractivity contribution in [2.75, 3.05) is 37.5 Å². The largest absolute Gasteiger partial charge is 0.490 e. The predicted molar refractivity (Wildman–Crippen MR) is 70.9 cm³/mol. The van der Waals surface area contributed by atoms with Gasteiger partial charge in [0.15, 0.2) is 11.6 Å². The van der Waals surface area contributed by atoms with Gasteiger partial charge < -0.3 is 15.0 Å². The Balaban J connectivity index is 2.96. The Morgan fingerprint density at radius 3 is 2.65 bits per heavy atom. The average Bonchev–Trinajstić information content (AvgIpc) is 2.36. The molecule has 0 saturated heterocycles. The highest BCUT2D eigenvalue weighted by Crippen LogP contribution is 2.31. The lowest BCUT2D eigenvalue weighted by atomic mass is 10.3. The molecule has 5 heteroatoms. The highest BCUT2D eigenvalue weighted by atomic mass is 16.5. The van der Waals surface area contributed by atoms with E-state index in [-0.39, 0.29) is 0 Å². The Hall–Kier alpha value is -1.52. The molecule has 0 aliphatic carbocycles. The summed E-state index contributed by atoms with van der Waals surface area (Å²) in [6.07, 6.45) is 3.69. The van der Waals surface area contributed by atoms with Crippen molar-refractivity contribution in [1.29, 1.82) is 0 Å². The van der Waals surface area contributed by atoms with Gasteiger partial charge in [-0.25, -0.2) is 9.97 Å². The van der Waals surface area contributed by atoms with Crippen LogP contribution in [0.3, 0.4) is 0 Å². The molecule has 0 aromatic carbocycles. The molecule has 1 heterocycles. The van der Waals surface area contributed by atoms with Crippen LogP contribution in [0, 0.1) is 0 Å². The van der Waals surface area contributed by atoms with Crippen molar-refractivity contribution in [2.24, 2.45) is 0 Å². The highest BCUT2D eigenvalue weighted by molar-refractivity contribution is 5.64. The van der Waals surface area contributed by atoms with E-state index in [1.807, 2.05) is 7.05 Å². The van der Waals surface area contributed by atoms with Crippen molar-refractivity contribution in [1.82, 2.24) is 9.97 Å². The summed E-state index contributed by atoms with van der Waals surface area (Å²) in [5.74, 6) is 2.32. The minimum absolute atomic E-state index is 0.719. The van der Waals surface area contributed by atoms with Gasteiger partial charge in [-0.05, 0) is 12.8 Å². The zero-order chi connectivity index (χ0) is 12.7. The van der Waals surface area contributed by atoms with E-state index in [0.29, 0.717) is 0 Å². The standard InChI is InChI=1S/C12H22N4O/c1-5-7-13-11-10(17-4)12(15-9-14-11)16(3)8-6-2/h9H,5-8H2,1-4H3,(H,13,14,15). The first-order valence-corrected chi connectivity index (χ1v) is 6.08. The van der Waals surface area contributed by atoms with E-state index in [2.05, 4.69) is 34.0 Å². The molecule has 96 valence electrons. The summed E-state index contributed by atoms with van der Waals surface area (Å²) >= 11 is 0. The summed E-state index contributed by atoms with van der Waals surface area (Å²) in [7, 11) is 3.66. The second kappa shape index (κ2) is 6.93. The fourth-order valence-electron chi connectivity index (χ4n) is 1.63. The van der Waals surface area contributed by atoms with E-state index in [4.69, 9.17) is 4.74 Å². The van der Waals surface area contributed by atoms with E-state index >= 15 is 0 Å². The molecule has 0 fully saturated rings. The van der Waals surface area contributed by atoms with Crippen LogP contribution in [-0.4, -0.2) is 37.2 Å². The SMILES string of the molecule is CCCNc1ncnc(N(C)CCC)c1OC. The molecule has 0 saturated carbocycles. The van der Waals surface area contributed by atoms with Crippen LogP contribution >= 0.6 is 0 Å². The normalized spacial score (nSPS) is 10.1. The number of hydrogen-bond donors (Lipinski definition) is 1. The van der Waals surface area contributed by atoms with E-state index < -0.39 is 0 Å². The van der Waals surface area contributed by atoms with E-state index in [1.54, 1.807) is 13.4 Å². The van der Waals surface area contributed by atoms with Crippen molar-refractivity contribution in [3.05, 3.63) is 6.33 Å². The molecular formula is C12H22N4O.